The highest BCUT2D eigenvalue weighted by Crippen LogP contribution is 2.19. The van der Waals surface area contributed by atoms with Gasteiger partial charge in [-0.05, 0) is 12.8 Å². The van der Waals surface area contributed by atoms with Gasteiger partial charge in [0.25, 0.3) is 0 Å². The molecule has 0 saturated carbocycles. The minimum Gasteiger partial charge on any atom is -0.341 e. The molecular weight excluding hydrogens is 342 g/mol. The summed E-state index contributed by atoms with van der Waals surface area (Å²) in [4.78, 5) is 35.5. The van der Waals surface area contributed by atoms with E-state index in [0.29, 0.717) is 6.54 Å². The van der Waals surface area contributed by atoms with Crippen molar-refractivity contribution in [2.24, 2.45) is 7.05 Å². The van der Waals surface area contributed by atoms with Crippen molar-refractivity contribution in [2.75, 3.05) is 39.8 Å². The summed E-state index contributed by atoms with van der Waals surface area (Å²) in [5.41, 5.74) is 2.39. The number of fused-ring (bicyclic) bond motifs is 1. The number of likely N-dealkylation sites (tertiary alicyclic amines) is 1. The minimum absolute atomic E-state index is 0.0134. The monoisotopic (exact) mass is 375 g/mol. The quantitative estimate of drug-likeness (QED) is 0.776. The summed E-state index contributed by atoms with van der Waals surface area (Å²) < 4.78 is 2.17. The Morgan fingerprint density at radius 3 is 2.48 bits per heavy atom. The molecule has 0 spiro atoms. The molecule has 0 N–H and O–H groups in total. The largest absolute Gasteiger partial charge is 0.341 e. The summed E-state index contributed by atoms with van der Waals surface area (Å²) in [6.07, 6.45) is 6.34. The first-order valence-electron chi connectivity index (χ1n) is 10.3. The molecule has 2 amide bonds. The molecule has 1 aromatic heterocycles. The Labute approximate surface area is 162 Å². The number of imidazole rings is 1. The predicted octanol–water partition coefficient (Wildman–Crippen LogP) is 1.20. The molecule has 150 valence electrons. The number of carbonyl (C=O) groups is 2. The molecule has 0 atom stereocenters. The number of amides is 2. The molecule has 2 aliphatic rings. The summed E-state index contributed by atoms with van der Waals surface area (Å²) in [5, 5.41) is 0. The highest BCUT2D eigenvalue weighted by Gasteiger charge is 2.25. The summed E-state index contributed by atoms with van der Waals surface area (Å²) >= 11 is 0. The van der Waals surface area contributed by atoms with Crippen LogP contribution in [0.25, 0.3) is 0 Å². The molecule has 3 heterocycles. The van der Waals surface area contributed by atoms with Gasteiger partial charge in [0.2, 0.25) is 11.8 Å². The maximum Gasteiger partial charge on any atom is 0.242 e. The Hall–Kier alpha value is -1.89. The molecule has 3 rings (SSSR count). The number of carbonyl (C=O) groups excluding carboxylic acids is 2. The fraction of sp³-hybridized carbons (Fsp3) is 0.750. The Kier molecular flexibility index (Phi) is 6.52. The van der Waals surface area contributed by atoms with E-state index in [1.54, 1.807) is 11.9 Å². The second-order valence-corrected chi connectivity index (χ2v) is 7.84. The third-order valence-corrected chi connectivity index (χ3v) is 5.86. The van der Waals surface area contributed by atoms with Gasteiger partial charge in [0.1, 0.15) is 5.82 Å². The molecule has 0 bridgehead atoms. The van der Waals surface area contributed by atoms with E-state index < -0.39 is 0 Å². The van der Waals surface area contributed by atoms with Crippen molar-refractivity contribution in [2.45, 2.75) is 52.0 Å². The highest BCUT2D eigenvalue weighted by atomic mass is 16.2. The minimum atomic E-state index is 0.0134. The molecule has 2 aliphatic heterocycles. The molecule has 27 heavy (non-hydrogen) atoms. The number of aromatic nitrogens is 2. The van der Waals surface area contributed by atoms with Gasteiger partial charge < -0.3 is 14.4 Å². The van der Waals surface area contributed by atoms with Gasteiger partial charge in [0.05, 0.1) is 24.5 Å². The van der Waals surface area contributed by atoms with Gasteiger partial charge in [-0.3, -0.25) is 14.5 Å². The van der Waals surface area contributed by atoms with Crippen molar-refractivity contribution in [1.29, 1.82) is 0 Å². The normalized spacial score (nSPS) is 18.1. The van der Waals surface area contributed by atoms with E-state index in [2.05, 4.69) is 23.4 Å². The zero-order valence-electron chi connectivity index (χ0n) is 17.0. The zero-order chi connectivity index (χ0) is 19.4. The molecular formula is C20H33N5O2. The van der Waals surface area contributed by atoms with Gasteiger partial charge in [-0.25, -0.2) is 4.98 Å². The number of rotatable bonds is 5. The molecule has 0 aromatic carbocycles. The van der Waals surface area contributed by atoms with Gasteiger partial charge in [-0.2, -0.15) is 0 Å². The number of aryl methyl sites for hydroxylation is 1. The van der Waals surface area contributed by atoms with Crippen molar-refractivity contribution in [1.82, 2.24) is 24.3 Å². The zero-order valence-corrected chi connectivity index (χ0v) is 17.0. The van der Waals surface area contributed by atoms with Crippen LogP contribution in [0.1, 0.15) is 49.8 Å². The highest BCUT2D eigenvalue weighted by molar-refractivity contribution is 5.85. The Balaban J connectivity index is 1.52. The van der Waals surface area contributed by atoms with Gasteiger partial charge in [0, 0.05) is 53.1 Å². The maximum absolute atomic E-state index is 12.6. The van der Waals surface area contributed by atoms with E-state index >= 15 is 0 Å². The van der Waals surface area contributed by atoms with Crippen molar-refractivity contribution in [3.8, 4) is 0 Å². The van der Waals surface area contributed by atoms with Gasteiger partial charge in [-0.1, -0.05) is 19.8 Å². The van der Waals surface area contributed by atoms with Crippen LogP contribution < -0.4 is 0 Å². The van der Waals surface area contributed by atoms with Crippen LogP contribution in [0.2, 0.25) is 0 Å². The van der Waals surface area contributed by atoms with E-state index in [-0.39, 0.29) is 18.4 Å². The van der Waals surface area contributed by atoms with Crippen LogP contribution in [0.5, 0.6) is 0 Å². The number of likely N-dealkylation sites (N-methyl/N-ethyl adjacent to an activating group) is 1. The summed E-state index contributed by atoms with van der Waals surface area (Å²) in [7, 11) is 3.80. The fourth-order valence-corrected chi connectivity index (χ4v) is 4.07. The average Bonchev–Trinajstić information content (AvgIpc) is 2.83. The second-order valence-electron chi connectivity index (χ2n) is 7.84. The third-order valence-electron chi connectivity index (χ3n) is 5.86. The second kappa shape index (κ2) is 8.87. The van der Waals surface area contributed by atoms with Crippen molar-refractivity contribution >= 4 is 11.8 Å². The molecule has 0 radical (unpaired) electrons. The van der Waals surface area contributed by atoms with Crippen molar-refractivity contribution in [3.05, 3.63) is 17.2 Å². The topological polar surface area (TPSA) is 61.7 Å². The Morgan fingerprint density at radius 2 is 1.81 bits per heavy atom. The SMILES string of the molecule is CCc1nc2c(n1C)CN(CC(=O)N(C)CC(=O)N1CCCCCC1)CC2. The predicted molar refractivity (Wildman–Crippen MR) is 104 cm³/mol. The molecule has 1 aromatic rings. The van der Waals surface area contributed by atoms with E-state index in [4.69, 9.17) is 4.98 Å². The standard InChI is InChI=1S/C20H33N5O2/c1-4-18-21-16-9-12-24(13-17(16)23(18)3)15-19(26)22(2)14-20(27)25-10-7-5-6-8-11-25/h4-15H2,1-3H3. The van der Waals surface area contributed by atoms with E-state index in [9.17, 15) is 9.59 Å². The van der Waals surface area contributed by atoms with Crippen molar-refractivity contribution in [3.63, 3.8) is 0 Å². The van der Waals surface area contributed by atoms with E-state index in [0.717, 1.165) is 57.7 Å². The van der Waals surface area contributed by atoms with Gasteiger partial charge >= 0.3 is 0 Å². The molecule has 7 heteroatoms. The lowest BCUT2D eigenvalue weighted by Gasteiger charge is -2.29. The number of hydrogen-bond donors (Lipinski definition) is 0. The van der Waals surface area contributed by atoms with E-state index in [1.807, 2.05) is 4.90 Å². The average molecular weight is 376 g/mol. The molecule has 7 nitrogen and oxygen atoms in total. The van der Waals surface area contributed by atoms with Crippen LogP contribution in [0.4, 0.5) is 0 Å². The van der Waals surface area contributed by atoms with Crippen LogP contribution in [-0.4, -0.2) is 75.8 Å². The maximum atomic E-state index is 12.6. The first kappa shape index (κ1) is 19.9. The lowest BCUT2D eigenvalue weighted by atomic mass is 10.1. The lowest BCUT2D eigenvalue weighted by Crippen LogP contribution is -2.45. The fourth-order valence-electron chi connectivity index (χ4n) is 4.07. The molecule has 0 unspecified atom stereocenters. The van der Waals surface area contributed by atoms with Crippen LogP contribution in [0.3, 0.4) is 0 Å². The smallest absolute Gasteiger partial charge is 0.242 e. The lowest BCUT2D eigenvalue weighted by molar-refractivity contribution is -0.140. The first-order valence-corrected chi connectivity index (χ1v) is 10.3. The summed E-state index contributed by atoms with van der Waals surface area (Å²) in [6.45, 7) is 5.90. The number of nitrogens with zero attached hydrogens (tertiary/aromatic N) is 5. The van der Waals surface area contributed by atoms with Crippen molar-refractivity contribution < 1.29 is 9.59 Å². The summed E-state index contributed by atoms with van der Waals surface area (Å²) in [5.74, 6) is 1.20. The Bertz CT molecular complexity index is 676. The van der Waals surface area contributed by atoms with Crippen LogP contribution >= 0.6 is 0 Å². The van der Waals surface area contributed by atoms with Gasteiger partial charge in [-0.15, -0.1) is 0 Å². The summed E-state index contributed by atoms with van der Waals surface area (Å²) in [6, 6.07) is 0. The molecule has 1 fully saturated rings. The molecule has 1 saturated heterocycles. The van der Waals surface area contributed by atoms with Crippen LogP contribution in [0, 0.1) is 0 Å². The van der Waals surface area contributed by atoms with Gasteiger partial charge in [0.15, 0.2) is 0 Å². The number of hydrogen-bond acceptors (Lipinski definition) is 4. The Morgan fingerprint density at radius 1 is 1.11 bits per heavy atom. The first-order chi connectivity index (χ1) is 13.0. The van der Waals surface area contributed by atoms with Crippen LogP contribution in [-0.2, 0) is 36.0 Å². The molecule has 0 aliphatic carbocycles. The van der Waals surface area contributed by atoms with E-state index in [1.165, 1.54) is 24.2 Å². The van der Waals surface area contributed by atoms with Crippen LogP contribution in [0.15, 0.2) is 0 Å². The third kappa shape index (κ3) is 4.69.